The molecule has 122 valence electrons. The van der Waals surface area contributed by atoms with Crippen molar-refractivity contribution in [1.29, 1.82) is 0 Å². The number of benzene rings is 1. The number of aryl methyl sites for hydroxylation is 2. The van der Waals surface area contributed by atoms with Crippen LogP contribution in [0.5, 0.6) is 0 Å². The van der Waals surface area contributed by atoms with E-state index in [0.29, 0.717) is 17.4 Å². The van der Waals surface area contributed by atoms with Crippen molar-refractivity contribution in [1.82, 2.24) is 15.4 Å². The molecule has 0 unspecified atom stereocenters. The predicted molar refractivity (Wildman–Crippen MR) is 90.3 cm³/mol. The van der Waals surface area contributed by atoms with Gasteiger partial charge in [0.2, 0.25) is 0 Å². The fraction of sp³-hybridized carbons (Fsp3) is 0.176. The van der Waals surface area contributed by atoms with Gasteiger partial charge in [-0.3, -0.25) is 4.79 Å². The lowest BCUT2D eigenvalue weighted by molar-refractivity contribution is 0.102. The van der Waals surface area contributed by atoms with Gasteiger partial charge in [-0.05, 0) is 37.1 Å². The van der Waals surface area contributed by atoms with Crippen molar-refractivity contribution >= 4 is 23.2 Å². The van der Waals surface area contributed by atoms with Gasteiger partial charge in [0.15, 0.2) is 17.3 Å². The zero-order chi connectivity index (χ0) is 16.9. The van der Waals surface area contributed by atoms with Crippen LogP contribution in [-0.2, 0) is 6.42 Å². The first kappa shape index (κ1) is 15.7. The van der Waals surface area contributed by atoms with E-state index >= 15 is 0 Å². The maximum atomic E-state index is 12.1. The molecule has 2 N–H and O–H groups in total. The van der Waals surface area contributed by atoms with Crippen molar-refractivity contribution in [2.75, 3.05) is 10.6 Å². The Morgan fingerprint density at radius 2 is 1.96 bits per heavy atom. The second-order valence-corrected chi connectivity index (χ2v) is 5.22. The van der Waals surface area contributed by atoms with E-state index in [1.807, 2.05) is 18.2 Å². The highest BCUT2D eigenvalue weighted by atomic mass is 16.5. The van der Waals surface area contributed by atoms with Gasteiger partial charge in [0.05, 0.1) is 0 Å². The van der Waals surface area contributed by atoms with E-state index in [-0.39, 0.29) is 5.69 Å². The minimum Gasteiger partial charge on any atom is -0.360 e. The van der Waals surface area contributed by atoms with Crippen LogP contribution in [-0.4, -0.2) is 21.3 Å². The van der Waals surface area contributed by atoms with Gasteiger partial charge in [-0.2, -0.15) is 0 Å². The Labute approximate surface area is 139 Å². The molecular formula is C17H17N5O2. The van der Waals surface area contributed by atoms with E-state index in [0.717, 1.165) is 12.1 Å². The largest absolute Gasteiger partial charge is 0.360 e. The summed E-state index contributed by atoms with van der Waals surface area (Å²) in [6.07, 6.45) is 0.911. The van der Waals surface area contributed by atoms with E-state index in [2.05, 4.69) is 39.0 Å². The minimum absolute atomic E-state index is 0.199. The third-order valence-corrected chi connectivity index (χ3v) is 3.43. The lowest BCUT2D eigenvalue weighted by Gasteiger charge is -2.09. The van der Waals surface area contributed by atoms with Gasteiger partial charge in [-0.25, -0.2) is 0 Å². The zero-order valence-electron chi connectivity index (χ0n) is 13.4. The van der Waals surface area contributed by atoms with Crippen LogP contribution < -0.4 is 10.6 Å². The average Bonchev–Trinajstić information content (AvgIpc) is 3.01. The molecule has 0 bridgehead atoms. The van der Waals surface area contributed by atoms with Crippen molar-refractivity contribution in [3.8, 4) is 0 Å². The Balaban J connectivity index is 1.70. The highest BCUT2D eigenvalue weighted by Crippen LogP contribution is 2.19. The fourth-order valence-electron chi connectivity index (χ4n) is 2.21. The Hall–Kier alpha value is -3.22. The molecule has 0 spiro atoms. The van der Waals surface area contributed by atoms with Crippen molar-refractivity contribution in [3.63, 3.8) is 0 Å². The van der Waals surface area contributed by atoms with Crippen molar-refractivity contribution in [2.45, 2.75) is 20.3 Å². The molecule has 0 saturated heterocycles. The number of rotatable bonds is 5. The Bertz CT molecular complexity index is 842. The van der Waals surface area contributed by atoms with Crippen molar-refractivity contribution in [2.24, 2.45) is 0 Å². The minimum atomic E-state index is -0.392. The molecule has 0 aliphatic rings. The van der Waals surface area contributed by atoms with Gasteiger partial charge < -0.3 is 15.2 Å². The molecule has 0 atom stereocenters. The highest BCUT2D eigenvalue weighted by molar-refractivity contribution is 6.02. The third-order valence-electron chi connectivity index (χ3n) is 3.43. The van der Waals surface area contributed by atoms with Crippen LogP contribution in [0.25, 0.3) is 0 Å². The quantitative estimate of drug-likeness (QED) is 0.748. The number of nitrogens with one attached hydrogen (secondary N) is 2. The Kier molecular flexibility index (Phi) is 4.51. The van der Waals surface area contributed by atoms with Crippen LogP contribution in [0.2, 0.25) is 0 Å². The molecule has 7 nitrogen and oxygen atoms in total. The number of aromatic nitrogens is 3. The number of amides is 1. The molecule has 2 heterocycles. The third kappa shape index (κ3) is 3.57. The summed E-state index contributed by atoms with van der Waals surface area (Å²) in [5.74, 6) is 1.14. The molecule has 0 fully saturated rings. The molecule has 2 aromatic heterocycles. The first-order chi connectivity index (χ1) is 11.7. The number of hydrogen-bond donors (Lipinski definition) is 2. The SMILES string of the molecule is CCc1ccccc1Nc1ccc(C(=O)Nc2cc(C)on2)nn1. The number of carbonyl (C=O) groups is 1. The van der Waals surface area contributed by atoms with Crippen LogP contribution in [0.1, 0.15) is 28.7 Å². The monoisotopic (exact) mass is 323 g/mol. The summed E-state index contributed by atoms with van der Waals surface area (Å²) in [6.45, 7) is 3.84. The fourth-order valence-corrected chi connectivity index (χ4v) is 2.21. The van der Waals surface area contributed by atoms with Crippen LogP contribution in [0, 0.1) is 6.92 Å². The number of anilines is 3. The van der Waals surface area contributed by atoms with Gasteiger partial charge >= 0.3 is 0 Å². The summed E-state index contributed by atoms with van der Waals surface area (Å²) >= 11 is 0. The summed E-state index contributed by atoms with van der Waals surface area (Å²) in [4.78, 5) is 12.1. The van der Waals surface area contributed by atoms with E-state index in [9.17, 15) is 4.79 Å². The average molecular weight is 323 g/mol. The molecule has 1 aromatic carbocycles. The molecule has 0 aliphatic carbocycles. The molecule has 24 heavy (non-hydrogen) atoms. The van der Waals surface area contributed by atoms with Gasteiger partial charge in [-0.15, -0.1) is 10.2 Å². The topological polar surface area (TPSA) is 92.9 Å². The standard InChI is InChI=1S/C17H17N5O2/c1-3-12-6-4-5-7-13(12)18-15-9-8-14(20-21-15)17(23)19-16-10-11(2)24-22-16/h4-10H,3H2,1-2H3,(H,18,21)(H,19,22,23). The van der Waals surface area contributed by atoms with E-state index in [4.69, 9.17) is 4.52 Å². The van der Waals surface area contributed by atoms with Gasteiger partial charge in [-0.1, -0.05) is 30.3 Å². The number of para-hydroxylation sites is 1. The molecule has 3 aromatic rings. The Morgan fingerprint density at radius 1 is 1.12 bits per heavy atom. The van der Waals surface area contributed by atoms with E-state index in [1.165, 1.54) is 5.56 Å². The van der Waals surface area contributed by atoms with Crippen molar-refractivity contribution in [3.05, 3.63) is 59.5 Å². The summed E-state index contributed by atoms with van der Waals surface area (Å²) in [6, 6.07) is 12.9. The second-order valence-electron chi connectivity index (χ2n) is 5.22. The number of carbonyl (C=O) groups excluding carboxylic acids is 1. The highest BCUT2D eigenvalue weighted by Gasteiger charge is 2.11. The van der Waals surface area contributed by atoms with Crippen LogP contribution in [0.4, 0.5) is 17.3 Å². The summed E-state index contributed by atoms with van der Waals surface area (Å²) in [5, 5.41) is 17.5. The number of nitrogens with zero attached hydrogens (tertiary/aromatic N) is 3. The van der Waals surface area contributed by atoms with Crippen LogP contribution in [0.15, 0.2) is 47.0 Å². The van der Waals surface area contributed by atoms with Gasteiger partial charge in [0, 0.05) is 11.8 Å². The second kappa shape index (κ2) is 6.91. The number of hydrogen-bond acceptors (Lipinski definition) is 6. The molecular weight excluding hydrogens is 306 g/mol. The van der Waals surface area contributed by atoms with Crippen LogP contribution in [0.3, 0.4) is 0 Å². The van der Waals surface area contributed by atoms with E-state index < -0.39 is 5.91 Å². The Morgan fingerprint density at radius 3 is 2.62 bits per heavy atom. The maximum absolute atomic E-state index is 12.1. The van der Waals surface area contributed by atoms with E-state index in [1.54, 1.807) is 25.1 Å². The smallest absolute Gasteiger partial charge is 0.277 e. The maximum Gasteiger partial charge on any atom is 0.277 e. The summed E-state index contributed by atoms with van der Waals surface area (Å²) in [7, 11) is 0. The molecule has 0 radical (unpaired) electrons. The summed E-state index contributed by atoms with van der Waals surface area (Å²) in [5.41, 5.74) is 2.36. The first-order valence-corrected chi connectivity index (χ1v) is 7.59. The lowest BCUT2D eigenvalue weighted by atomic mass is 10.1. The first-order valence-electron chi connectivity index (χ1n) is 7.59. The molecule has 0 aliphatic heterocycles. The lowest BCUT2D eigenvalue weighted by Crippen LogP contribution is -2.14. The van der Waals surface area contributed by atoms with Gasteiger partial charge in [0.25, 0.3) is 5.91 Å². The molecule has 7 heteroatoms. The molecule has 0 saturated carbocycles. The molecule has 3 rings (SSSR count). The summed E-state index contributed by atoms with van der Waals surface area (Å²) < 4.78 is 4.90. The van der Waals surface area contributed by atoms with Crippen LogP contribution >= 0.6 is 0 Å². The van der Waals surface area contributed by atoms with Crippen molar-refractivity contribution < 1.29 is 9.32 Å². The normalized spacial score (nSPS) is 10.4. The van der Waals surface area contributed by atoms with Gasteiger partial charge in [0.1, 0.15) is 5.76 Å². The predicted octanol–water partition coefficient (Wildman–Crippen LogP) is 3.33. The molecule has 1 amide bonds. The zero-order valence-corrected chi connectivity index (χ0v) is 13.4.